The molecule has 1 aromatic rings. The minimum Gasteiger partial charge on any atom is -0.481 e. The fourth-order valence-corrected chi connectivity index (χ4v) is 2.38. The molecule has 1 aromatic carbocycles. The largest absolute Gasteiger partial charge is 0.481 e. The van der Waals surface area contributed by atoms with Gasteiger partial charge in [-0.3, -0.25) is 4.79 Å². The van der Waals surface area contributed by atoms with Crippen LogP contribution in [-0.2, 0) is 4.79 Å². The fraction of sp³-hybridized carbons (Fsp3) is 0.467. The Morgan fingerprint density at radius 1 is 1.40 bits per heavy atom. The van der Waals surface area contributed by atoms with Gasteiger partial charge in [-0.05, 0) is 12.0 Å². The van der Waals surface area contributed by atoms with E-state index in [-0.39, 0.29) is 12.6 Å². The lowest BCUT2D eigenvalue weighted by Crippen LogP contribution is -2.41. The fourth-order valence-electron chi connectivity index (χ4n) is 2.38. The number of hydrogen-bond donors (Lipinski definition) is 2. The molecule has 0 bridgehead atoms. The maximum absolute atomic E-state index is 12.0. The Balaban J connectivity index is 1.83. The van der Waals surface area contributed by atoms with Crippen molar-refractivity contribution in [3.05, 3.63) is 35.9 Å². The van der Waals surface area contributed by atoms with Crippen LogP contribution in [0.2, 0.25) is 0 Å². The first-order valence-electron chi connectivity index (χ1n) is 6.88. The zero-order valence-corrected chi connectivity index (χ0v) is 11.6. The summed E-state index contributed by atoms with van der Waals surface area (Å²) in [5, 5.41) is 11.5. The highest BCUT2D eigenvalue weighted by Crippen LogP contribution is 2.26. The van der Waals surface area contributed by atoms with Gasteiger partial charge in [-0.25, -0.2) is 4.79 Å². The molecule has 20 heavy (non-hydrogen) atoms. The van der Waals surface area contributed by atoms with Gasteiger partial charge in [0.25, 0.3) is 0 Å². The van der Waals surface area contributed by atoms with E-state index in [0.717, 1.165) is 6.42 Å². The van der Waals surface area contributed by atoms with Gasteiger partial charge in [0.15, 0.2) is 0 Å². The van der Waals surface area contributed by atoms with Gasteiger partial charge >= 0.3 is 12.0 Å². The van der Waals surface area contributed by atoms with Gasteiger partial charge in [0, 0.05) is 25.6 Å². The molecule has 2 N–H and O–H groups in total. The Hall–Kier alpha value is -2.04. The van der Waals surface area contributed by atoms with Crippen molar-refractivity contribution in [2.75, 3.05) is 19.6 Å². The van der Waals surface area contributed by atoms with E-state index in [2.05, 4.69) is 17.4 Å². The minimum absolute atomic E-state index is 0.167. The Labute approximate surface area is 118 Å². The van der Waals surface area contributed by atoms with Crippen molar-refractivity contribution >= 4 is 12.0 Å². The molecule has 1 fully saturated rings. The molecular formula is C15H20N2O3. The van der Waals surface area contributed by atoms with E-state index in [0.29, 0.717) is 19.0 Å². The number of amides is 2. The Kier molecular flexibility index (Phi) is 4.61. The predicted molar refractivity (Wildman–Crippen MR) is 75.6 cm³/mol. The van der Waals surface area contributed by atoms with Crippen LogP contribution in [0.3, 0.4) is 0 Å². The van der Waals surface area contributed by atoms with Gasteiger partial charge < -0.3 is 15.3 Å². The second-order valence-electron chi connectivity index (χ2n) is 5.27. The van der Waals surface area contributed by atoms with Gasteiger partial charge in [-0.1, -0.05) is 37.3 Å². The van der Waals surface area contributed by atoms with E-state index in [1.165, 1.54) is 5.56 Å². The SMILES string of the molecule is CC(CNC(=O)N1CCC(c2ccccc2)C1)C(=O)O. The normalized spacial score (nSPS) is 19.6. The van der Waals surface area contributed by atoms with Crippen LogP contribution < -0.4 is 5.32 Å². The minimum atomic E-state index is -0.895. The molecule has 0 saturated carbocycles. The Bertz CT molecular complexity index is 475. The van der Waals surface area contributed by atoms with E-state index in [9.17, 15) is 9.59 Å². The lowest BCUT2D eigenvalue weighted by atomic mass is 9.99. The lowest BCUT2D eigenvalue weighted by molar-refractivity contribution is -0.140. The molecule has 108 valence electrons. The molecule has 2 rings (SSSR count). The van der Waals surface area contributed by atoms with Crippen LogP contribution in [0, 0.1) is 5.92 Å². The number of benzene rings is 1. The molecule has 1 aliphatic heterocycles. The van der Waals surface area contributed by atoms with Crippen molar-refractivity contribution < 1.29 is 14.7 Å². The molecule has 2 unspecified atom stereocenters. The number of carboxylic acids is 1. The summed E-state index contributed by atoms with van der Waals surface area (Å²) in [6.45, 7) is 3.16. The van der Waals surface area contributed by atoms with E-state index in [1.54, 1.807) is 11.8 Å². The molecule has 1 saturated heterocycles. The smallest absolute Gasteiger partial charge is 0.317 e. The summed E-state index contributed by atoms with van der Waals surface area (Å²) < 4.78 is 0. The molecule has 0 aromatic heterocycles. The number of carbonyl (C=O) groups excluding carboxylic acids is 1. The highest BCUT2D eigenvalue weighted by molar-refractivity contribution is 5.76. The third-order valence-electron chi connectivity index (χ3n) is 3.73. The number of nitrogens with one attached hydrogen (secondary N) is 1. The molecule has 2 amide bonds. The van der Waals surface area contributed by atoms with E-state index in [4.69, 9.17) is 5.11 Å². The third kappa shape index (κ3) is 3.50. The van der Waals surface area contributed by atoms with Gasteiger partial charge in [0.2, 0.25) is 0 Å². The van der Waals surface area contributed by atoms with Crippen molar-refractivity contribution in [3.63, 3.8) is 0 Å². The molecule has 1 aliphatic rings. The average Bonchev–Trinajstić information content (AvgIpc) is 2.95. The summed E-state index contributed by atoms with van der Waals surface area (Å²) in [5.74, 6) is -1.08. The summed E-state index contributed by atoms with van der Waals surface area (Å²) in [6, 6.07) is 9.99. The molecular weight excluding hydrogens is 256 g/mol. The third-order valence-corrected chi connectivity index (χ3v) is 3.73. The first-order valence-corrected chi connectivity index (χ1v) is 6.88. The molecule has 0 radical (unpaired) electrons. The van der Waals surface area contributed by atoms with Crippen molar-refractivity contribution in [3.8, 4) is 0 Å². The number of aliphatic carboxylic acids is 1. The molecule has 0 aliphatic carbocycles. The maximum Gasteiger partial charge on any atom is 0.317 e. The summed E-state index contributed by atoms with van der Waals surface area (Å²) in [7, 11) is 0. The number of rotatable bonds is 4. The van der Waals surface area contributed by atoms with Crippen LogP contribution in [0.15, 0.2) is 30.3 Å². The van der Waals surface area contributed by atoms with Crippen molar-refractivity contribution in [1.29, 1.82) is 0 Å². The lowest BCUT2D eigenvalue weighted by Gasteiger charge is -2.18. The van der Waals surface area contributed by atoms with Gasteiger partial charge in [0.05, 0.1) is 5.92 Å². The summed E-state index contributed by atoms with van der Waals surface area (Å²) in [6.07, 6.45) is 0.950. The van der Waals surface area contributed by atoms with Gasteiger partial charge in [-0.15, -0.1) is 0 Å². The molecule has 5 nitrogen and oxygen atoms in total. The van der Waals surface area contributed by atoms with Crippen LogP contribution in [0.25, 0.3) is 0 Å². The van der Waals surface area contributed by atoms with Crippen LogP contribution >= 0.6 is 0 Å². The van der Waals surface area contributed by atoms with Crippen LogP contribution in [-0.4, -0.2) is 41.6 Å². The molecule has 1 heterocycles. The monoisotopic (exact) mass is 276 g/mol. The molecule has 2 atom stereocenters. The van der Waals surface area contributed by atoms with Crippen molar-refractivity contribution in [1.82, 2.24) is 10.2 Å². The number of carboxylic acid groups (broad SMARTS) is 1. The zero-order chi connectivity index (χ0) is 14.5. The van der Waals surface area contributed by atoms with E-state index >= 15 is 0 Å². The molecule has 5 heteroatoms. The van der Waals surface area contributed by atoms with Gasteiger partial charge in [-0.2, -0.15) is 0 Å². The number of nitrogens with zero attached hydrogens (tertiary/aromatic N) is 1. The zero-order valence-electron chi connectivity index (χ0n) is 11.6. The highest BCUT2D eigenvalue weighted by Gasteiger charge is 2.27. The van der Waals surface area contributed by atoms with Crippen LogP contribution in [0.1, 0.15) is 24.8 Å². The number of hydrogen-bond acceptors (Lipinski definition) is 2. The first-order chi connectivity index (χ1) is 9.58. The number of urea groups is 1. The Morgan fingerprint density at radius 2 is 2.10 bits per heavy atom. The molecule has 0 spiro atoms. The standard InChI is InChI=1S/C15H20N2O3/c1-11(14(18)19)9-16-15(20)17-8-7-13(10-17)12-5-3-2-4-6-12/h2-6,11,13H,7-10H2,1H3,(H,16,20)(H,18,19). The highest BCUT2D eigenvalue weighted by atomic mass is 16.4. The predicted octanol–water partition coefficient (Wildman–Crippen LogP) is 1.91. The summed E-state index contributed by atoms with van der Waals surface area (Å²) in [4.78, 5) is 24.4. The second kappa shape index (κ2) is 6.41. The van der Waals surface area contributed by atoms with E-state index in [1.807, 2.05) is 18.2 Å². The Morgan fingerprint density at radius 3 is 2.75 bits per heavy atom. The van der Waals surface area contributed by atoms with Crippen LogP contribution in [0.5, 0.6) is 0 Å². The topological polar surface area (TPSA) is 69.6 Å². The number of carbonyl (C=O) groups is 2. The average molecular weight is 276 g/mol. The quantitative estimate of drug-likeness (QED) is 0.882. The van der Waals surface area contributed by atoms with Gasteiger partial charge in [0.1, 0.15) is 0 Å². The van der Waals surface area contributed by atoms with E-state index < -0.39 is 11.9 Å². The number of likely N-dealkylation sites (tertiary alicyclic amines) is 1. The van der Waals surface area contributed by atoms with Crippen molar-refractivity contribution in [2.45, 2.75) is 19.3 Å². The first kappa shape index (κ1) is 14.4. The van der Waals surface area contributed by atoms with Crippen molar-refractivity contribution in [2.24, 2.45) is 5.92 Å². The summed E-state index contributed by atoms with van der Waals surface area (Å²) in [5.41, 5.74) is 1.25. The van der Waals surface area contributed by atoms with Crippen LogP contribution in [0.4, 0.5) is 4.79 Å². The maximum atomic E-state index is 12.0. The second-order valence-corrected chi connectivity index (χ2v) is 5.27. The summed E-state index contributed by atoms with van der Waals surface area (Å²) >= 11 is 0.